The number of hydrogen-bond acceptors (Lipinski definition) is 4. The van der Waals surface area contributed by atoms with Crippen molar-refractivity contribution >= 4 is 17.4 Å². The van der Waals surface area contributed by atoms with Crippen molar-refractivity contribution < 1.29 is 0 Å². The van der Waals surface area contributed by atoms with E-state index in [4.69, 9.17) is 11.6 Å². The minimum Gasteiger partial charge on any atom is -0.358 e. The first-order valence-electron chi connectivity index (χ1n) is 6.14. The molecule has 5 heteroatoms. The van der Waals surface area contributed by atoms with E-state index in [1.54, 1.807) is 6.20 Å². The number of halogens is 1. The molecule has 17 heavy (non-hydrogen) atoms. The predicted molar refractivity (Wildman–Crippen MR) is 70.6 cm³/mol. The summed E-state index contributed by atoms with van der Waals surface area (Å²) in [5.74, 6) is 0.896. The van der Waals surface area contributed by atoms with Crippen LogP contribution in [0.2, 0.25) is 5.28 Å². The van der Waals surface area contributed by atoms with Crippen LogP contribution < -0.4 is 4.90 Å². The maximum absolute atomic E-state index is 5.80. The number of likely N-dealkylation sites (N-methyl/N-ethyl adjacent to an activating group) is 2. The predicted octanol–water partition coefficient (Wildman–Crippen LogP) is 2.05. The number of likely N-dealkylation sites (tertiary alicyclic amines) is 1. The van der Waals surface area contributed by atoms with Crippen LogP contribution in [0.4, 0.5) is 5.82 Å². The summed E-state index contributed by atoms with van der Waals surface area (Å²) in [6.07, 6.45) is 4.28. The highest BCUT2D eigenvalue weighted by Gasteiger charge is 2.24. The van der Waals surface area contributed by atoms with E-state index in [0.29, 0.717) is 11.3 Å². The molecule has 1 saturated heterocycles. The second-order valence-corrected chi connectivity index (χ2v) is 4.83. The molecular weight excluding hydrogens is 236 g/mol. The molecule has 0 bridgehead atoms. The van der Waals surface area contributed by atoms with E-state index in [-0.39, 0.29) is 0 Å². The molecule has 1 aliphatic rings. The zero-order valence-corrected chi connectivity index (χ0v) is 11.2. The third-order valence-corrected chi connectivity index (χ3v) is 3.57. The second kappa shape index (κ2) is 5.65. The van der Waals surface area contributed by atoms with Gasteiger partial charge in [0.25, 0.3) is 0 Å². The average molecular weight is 255 g/mol. The Morgan fingerprint density at radius 1 is 1.59 bits per heavy atom. The van der Waals surface area contributed by atoms with E-state index in [0.717, 1.165) is 18.9 Å². The van der Waals surface area contributed by atoms with Gasteiger partial charge in [0.05, 0.1) is 0 Å². The van der Waals surface area contributed by atoms with Gasteiger partial charge < -0.3 is 4.90 Å². The smallest absolute Gasteiger partial charge is 0.224 e. The monoisotopic (exact) mass is 254 g/mol. The molecule has 1 aromatic rings. The summed E-state index contributed by atoms with van der Waals surface area (Å²) >= 11 is 5.80. The number of rotatable bonds is 4. The molecule has 0 spiro atoms. The van der Waals surface area contributed by atoms with Gasteiger partial charge in [-0.3, -0.25) is 4.90 Å². The average Bonchev–Trinajstić information content (AvgIpc) is 2.76. The highest BCUT2D eigenvalue weighted by Crippen LogP contribution is 2.19. The zero-order chi connectivity index (χ0) is 12.3. The van der Waals surface area contributed by atoms with Crippen molar-refractivity contribution in [3.05, 3.63) is 17.5 Å². The summed E-state index contributed by atoms with van der Waals surface area (Å²) in [4.78, 5) is 12.8. The Bertz CT molecular complexity index is 371. The van der Waals surface area contributed by atoms with Gasteiger partial charge in [-0.2, -0.15) is 0 Å². The van der Waals surface area contributed by atoms with Gasteiger partial charge >= 0.3 is 0 Å². The normalized spacial score (nSPS) is 20.8. The van der Waals surface area contributed by atoms with Crippen LogP contribution in [-0.2, 0) is 0 Å². The number of anilines is 1. The Balaban J connectivity index is 1.99. The van der Waals surface area contributed by atoms with Gasteiger partial charge in [0.2, 0.25) is 5.28 Å². The number of nitrogens with zero attached hydrogens (tertiary/aromatic N) is 4. The second-order valence-electron chi connectivity index (χ2n) is 4.49. The minimum atomic E-state index is 0.313. The van der Waals surface area contributed by atoms with Crippen molar-refractivity contribution in [2.24, 2.45) is 0 Å². The SMILES string of the molecule is CCN1CCCC1CN(C)c1ccnc(Cl)n1. The molecule has 0 aliphatic carbocycles. The van der Waals surface area contributed by atoms with Gasteiger partial charge in [0.1, 0.15) is 5.82 Å². The van der Waals surface area contributed by atoms with Gasteiger partial charge in [-0.15, -0.1) is 0 Å². The minimum absolute atomic E-state index is 0.313. The largest absolute Gasteiger partial charge is 0.358 e. The zero-order valence-electron chi connectivity index (χ0n) is 10.4. The standard InChI is InChI=1S/C12H19ClN4/c1-3-17-8-4-5-10(17)9-16(2)11-6-7-14-12(13)15-11/h6-7,10H,3-5,8-9H2,1-2H3. The lowest BCUT2D eigenvalue weighted by atomic mass is 10.2. The lowest BCUT2D eigenvalue weighted by Gasteiger charge is -2.28. The maximum Gasteiger partial charge on any atom is 0.224 e. The first kappa shape index (κ1) is 12.6. The van der Waals surface area contributed by atoms with Gasteiger partial charge in [-0.1, -0.05) is 6.92 Å². The summed E-state index contributed by atoms with van der Waals surface area (Å²) in [7, 11) is 2.06. The molecular formula is C12H19ClN4. The molecule has 0 aromatic carbocycles. The van der Waals surface area contributed by atoms with Crippen LogP contribution >= 0.6 is 11.6 Å². The molecule has 1 unspecified atom stereocenters. The van der Waals surface area contributed by atoms with E-state index < -0.39 is 0 Å². The Morgan fingerprint density at radius 3 is 3.12 bits per heavy atom. The lowest BCUT2D eigenvalue weighted by Crippen LogP contribution is -2.39. The highest BCUT2D eigenvalue weighted by atomic mass is 35.5. The summed E-state index contributed by atoms with van der Waals surface area (Å²) in [6, 6.07) is 2.54. The molecule has 4 nitrogen and oxygen atoms in total. The fraction of sp³-hybridized carbons (Fsp3) is 0.667. The fourth-order valence-corrected chi connectivity index (χ4v) is 2.61. The van der Waals surface area contributed by atoms with E-state index in [9.17, 15) is 0 Å². The van der Waals surface area contributed by atoms with Crippen LogP contribution in [0.15, 0.2) is 12.3 Å². The van der Waals surface area contributed by atoms with Crippen molar-refractivity contribution in [3.8, 4) is 0 Å². The van der Waals surface area contributed by atoms with E-state index in [1.165, 1.54) is 19.4 Å². The van der Waals surface area contributed by atoms with Gasteiger partial charge in [0, 0.05) is 25.8 Å². The first-order valence-corrected chi connectivity index (χ1v) is 6.52. The lowest BCUT2D eigenvalue weighted by molar-refractivity contribution is 0.270. The van der Waals surface area contributed by atoms with Crippen LogP contribution in [0.3, 0.4) is 0 Å². The molecule has 0 saturated carbocycles. The molecule has 1 atom stereocenters. The topological polar surface area (TPSA) is 32.3 Å². The molecule has 0 amide bonds. The summed E-state index contributed by atoms with van der Waals surface area (Å²) in [6.45, 7) is 5.57. The van der Waals surface area contributed by atoms with E-state index in [2.05, 4.69) is 33.7 Å². The van der Waals surface area contributed by atoms with E-state index in [1.807, 2.05) is 6.07 Å². The number of hydrogen-bond donors (Lipinski definition) is 0. The van der Waals surface area contributed by atoms with Crippen molar-refractivity contribution in [2.45, 2.75) is 25.8 Å². The van der Waals surface area contributed by atoms with E-state index >= 15 is 0 Å². The van der Waals surface area contributed by atoms with Crippen LogP contribution in [-0.4, -0.2) is 47.6 Å². The third-order valence-electron chi connectivity index (χ3n) is 3.39. The molecule has 2 rings (SSSR count). The number of aromatic nitrogens is 2. The fourth-order valence-electron chi connectivity index (χ4n) is 2.47. The Kier molecular flexibility index (Phi) is 4.18. The molecule has 1 aliphatic heterocycles. The maximum atomic E-state index is 5.80. The highest BCUT2D eigenvalue weighted by molar-refractivity contribution is 6.28. The summed E-state index contributed by atoms with van der Waals surface area (Å²) in [5, 5.41) is 0.313. The Hall–Kier alpha value is -0.870. The van der Waals surface area contributed by atoms with Crippen molar-refractivity contribution in [2.75, 3.05) is 31.6 Å². The van der Waals surface area contributed by atoms with Crippen molar-refractivity contribution in [1.82, 2.24) is 14.9 Å². The van der Waals surface area contributed by atoms with Crippen LogP contribution in [0.1, 0.15) is 19.8 Å². The molecule has 0 radical (unpaired) electrons. The van der Waals surface area contributed by atoms with Gasteiger partial charge in [-0.05, 0) is 43.6 Å². The van der Waals surface area contributed by atoms with Gasteiger partial charge in [0.15, 0.2) is 0 Å². The van der Waals surface area contributed by atoms with Crippen LogP contribution in [0.5, 0.6) is 0 Å². The Labute approximate surface area is 108 Å². The van der Waals surface area contributed by atoms with Crippen LogP contribution in [0, 0.1) is 0 Å². The third kappa shape index (κ3) is 3.07. The molecule has 1 fully saturated rings. The molecule has 94 valence electrons. The summed E-state index contributed by atoms with van der Waals surface area (Å²) < 4.78 is 0. The summed E-state index contributed by atoms with van der Waals surface area (Å²) in [5.41, 5.74) is 0. The molecule has 1 aromatic heterocycles. The van der Waals surface area contributed by atoms with Gasteiger partial charge in [-0.25, -0.2) is 9.97 Å². The van der Waals surface area contributed by atoms with Crippen molar-refractivity contribution in [3.63, 3.8) is 0 Å². The molecule has 0 N–H and O–H groups in total. The molecule has 2 heterocycles. The Morgan fingerprint density at radius 2 is 2.41 bits per heavy atom. The van der Waals surface area contributed by atoms with Crippen LogP contribution in [0.25, 0.3) is 0 Å². The quantitative estimate of drug-likeness (QED) is 0.770. The first-order chi connectivity index (χ1) is 8.20. The van der Waals surface area contributed by atoms with Crippen molar-refractivity contribution in [1.29, 1.82) is 0 Å².